The van der Waals surface area contributed by atoms with Gasteiger partial charge in [-0.2, -0.15) is 0 Å². The molecule has 4 rings (SSSR count). The molecule has 1 aliphatic carbocycles. The van der Waals surface area contributed by atoms with Crippen molar-refractivity contribution in [1.29, 1.82) is 0 Å². The Labute approximate surface area is 139 Å². The normalized spacial score (nSPS) is 22.6. The van der Waals surface area contributed by atoms with E-state index < -0.39 is 18.3 Å². The largest absolute Gasteiger partial charge is 0.497 e. The van der Waals surface area contributed by atoms with Gasteiger partial charge in [-0.25, -0.2) is 0 Å². The number of benzene rings is 3. The van der Waals surface area contributed by atoms with Crippen LogP contribution in [0.1, 0.15) is 23.3 Å². The van der Waals surface area contributed by atoms with E-state index in [1.807, 2.05) is 48.5 Å². The average molecular weight is 322 g/mol. The molecule has 0 bridgehead atoms. The van der Waals surface area contributed by atoms with Gasteiger partial charge in [0.25, 0.3) is 0 Å². The summed E-state index contributed by atoms with van der Waals surface area (Å²) in [4.78, 5) is 0. The topological polar surface area (TPSA) is 69.9 Å². The molecule has 4 heteroatoms. The lowest BCUT2D eigenvalue weighted by molar-refractivity contribution is -0.0647. The summed E-state index contributed by atoms with van der Waals surface area (Å²) in [6.45, 7) is 0. The SMILES string of the molecule is COc1ccc(-c2ccc3cccc4c3c2[C@H](O)[C@H](O)[C@@H]4O)cc1. The predicted octanol–water partition coefficient (Wildman–Crippen LogP) is 2.96. The van der Waals surface area contributed by atoms with Crippen LogP contribution in [-0.2, 0) is 0 Å². The van der Waals surface area contributed by atoms with E-state index in [0.717, 1.165) is 27.6 Å². The Morgan fingerprint density at radius 1 is 0.833 bits per heavy atom. The van der Waals surface area contributed by atoms with Crippen molar-refractivity contribution in [3.05, 3.63) is 65.7 Å². The van der Waals surface area contributed by atoms with Crippen molar-refractivity contribution in [3.63, 3.8) is 0 Å². The van der Waals surface area contributed by atoms with E-state index in [9.17, 15) is 15.3 Å². The number of hydrogen-bond donors (Lipinski definition) is 3. The fourth-order valence-electron chi connectivity index (χ4n) is 3.54. The maximum atomic E-state index is 10.6. The first kappa shape index (κ1) is 15.1. The molecule has 0 amide bonds. The first-order valence-electron chi connectivity index (χ1n) is 7.86. The van der Waals surface area contributed by atoms with Crippen LogP contribution in [0, 0.1) is 0 Å². The Bertz CT molecular complexity index is 901. The zero-order chi connectivity index (χ0) is 16.8. The molecule has 0 fully saturated rings. The zero-order valence-corrected chi connectivity index (χ0v) is 13.2. The molecule has 1 aliphatic rings. The van der Waals surface area contributed by atoms with Crippen molar-refractivity contribution < 1.29 is 20.1 Å². The minimum absolute atomic E-state index is 0.649. The zero-order valence-electron chi connectivity index (χ0n) is 13.2. The monoisotopic (exact) mass is 322 g/mol. The van der Waals surface area contributed by atoms with Gasteiger partial charge in [0, 0.05) is 0 Å². The number of hydrogen-bond acceptors (Lipinski definition) is 4. The number of rotatable bonds is 2. The molecule has 0 spiro atoms. The highest BCUT2D eigenvalue weighted by Crippen LogP contribution is 2.45. The molecule has 4 nitrogen and oxygen atoms in total. The Hall–Kier alpha value is -2.40. The molecule has 3 atom stereocenters. The van der Waals surface area contributed by atoms with Crippen molar-refractivity contribution in [2.24, 2.45) is 0 Å². The lowest BCUT2D eigenvalue weighted by Gasteiger charge is -2.32. The van der Waals surface area contributed by atoms with Gasteiger partial charge in [0.2, 0.25) is 0 Å². The van der Waals surface area contributed by atoms with Crippen molar-refractivity contribution in [3.8, 4) is 16.9 Å². The van der Waals surface area contributed by atoms with Crippen molar-refractivity contribution >= 4 is 10.8 Å². The highest BCUT2D eigenvalue weighted by Gasteiger charge is 2.36. The van der Waals surface area contributed by atoms with Crippen LogP contribution in [0.4, 0.5) is 0 Å². The molecule has 24 heavy (non-hydrogen) atoms. The van der Waals surface area contributed by atoms with Crippen molar-refractivity contribution in [2.45, 2.75) is 18.3 Å². The van der Waals surface area contributed by atoms with Crippen LogP contribution in [0.3, 0.4) is 0 Å². The molecular formula is C20H18O4. The second kappa shape index (κ2) is 5.60. The van der Waals surface area contributed by atoms with Crippen LogP contribution in [0.25, 0.3) is 21.9 Å². The molecule has 0 heterocycles. The van der Waals surface area contributed by atoms with Crippen LogP contribution in [0.15, 0.2) is 54.6 Å². The number of methoxy groups -OCH3 is 1. The maximum absolute atomic E-state index is 10.6. The van der Waals surface area contributed by atoms with E-state index in [1.165, 1.54) is 0 Å². The van der Waals surface area contributed by atoms with Gasteiger partial charge in [0.15, 0.2) is 0 Å². The standard InChI is InChI=1S/C20H18O4/c1-24-13-8-5-11(6-9-13)14-10-7-12-3-2-4-15-16(12)17(14)19(22)20(23)18(15)21/h2-10,18-23H,1H3/t18-,19+,20-/m1/s1. The van der Waals surface area contributed by atoms with Crippen LogP contribution in [0.5, 0.6) is 5.75 Å². The Morgan fingerprint density at radius 2 is 1.58 bits per heavy atom. The lowest BCUT2D eigenvalue weighted by Crippen LogP contribution is -2.30. The van der Waals surface area contributed by atoms with Gasteiger partial charge in [-0.1, -0.05) is 42.5 Å². The molecule has 0 aromatic heterocycles. The second-order valence-electron chi connectivity index (χ2n) is 6.08. The Balaban J connectivity index is 2.02. The van der Waals surface area contributed by atoms with Gasteiger partial charge in [0.1, 0.15) is 24.1 Å². The fourth-order valence-corrected chi connectivity index (χ4v) is 3.54. The van der Waals surface area contributed by atoms with Crippen LogP contribution in [0.2, 0.25) is 0 Å². The Kier molecular flexibility index (Phi) is 3.53. The third-order valence-electron chi connectivity index (χ3n) is 4.78. The van der Waals surface area contributed by atoms with Gasteiger partial charge in [0.05, 0.1) is 7.11 Å². The van der Waals surface area contributed by atoms with Gasteiger partial charge < -0.3 is 20.1 Å². The first-order valence-corrected chi connectivity index (χ1v) is 7.86. The van der Waals surface area contributed by atoms with E-state index in [1.54, 1.807) is 13.2 Å². The van der Waals surface area contributed by atoms with Crippen molar-refractivity contribution in [1.82, 2.24) is 0 Å². The van der Waals surface area contributed by atoms with Crippen molar-refractivity contribution in [2.75, 3.05) is 7.11 Å². The van der Waals surface area contributed by atoms with Crippen LogP contribution in [-0.4, -0.2) is 28.5 Å². The van der Waals surface area contributed by atoms with Crippen LogP contribution >= 0.6 is 0 Å². The van der Waals surface area contributed by atoms with Gasteiger partial charge >= 0.3 is 0 Å². The fraction of sp³-hybridized carbons (Fsp3) is 0.200. The molecule has 0 saturated carbocycles. The molecule has 3 N–H and O–H groups in total. The maximum Gasteiger partial charge on any atom is 0.118 e. The molecule has 3 aromatic rings. The summed E-state index contributed by atoms with van der Waals surface area (Å²) < 4.78 is 5.19. The van der Waals surface area contributed by atoms with E-state index >= 15 is 0 Å². The summed E-state index contributed by atoms with van der Waals surface area (Å²) in [5, 5.41) is 33.0. The van der Waals surface area contributed by atoms with E-state index in [-0.39, 0.29) is 0 Å². The summed E-state index contributed by atoms with van der Waals surface area (Å²) in [5.74, 6) is 0.755. The van der Waals surface area contributed by atoms with Gasteiger partial charge in [-0.15, -0.1) is 0 Å². The molecule has 0 aliphatic heterocycles. The highest BCUT2D eigenvalue weighted by molar-refractivity contribution is 5.95. The lowest BCUT2D eigenvalue weighted by atomic mass is 9.79. The summed E-state index contributed by atoms with van der Waals surface area (Å²) in [6.07, 6.45) is -3.49. The molecule has 0 unspecified atom stereocenters. The van der Waals surface area contributed by atoms with Gasteiger partial charge in [-0.05, 0) is 45.2 Å². The predicted molar refractivity (Wildman–Crippen MR) is 91.9 cm³/mol. The molecule has 3 aromatic carbocycles. The summed E-state index contributed by atoms with van der Waals surface area (Å²) in [7, 11) is 1.61. The van der Waals surface area contributed by atoms with E-state index in [4.69, 9.17) is 4.74 Å². The average Bonchev–Trinajstić information content (AvgIpc) is 2.64. The number of ether oxygens (including phenoxy) is 1. The molecule has 122 valence electrons. The van der Waals surface area contributed by atoms with E-state index in [0.29, 0.717) is 11.1 Å². The molecule has 0 radical (unpaired) electrons. The smallest absolute Gasteiger partial charge is 0.118 e. The van der Waals surface area contributed by atoms with E-state index in [2.05, 4.69) is 0 Å². The quantitative estimate of drug-likeness (QED) is 0.678. The molecule has 0 saturated heterocycles. The number of aliphatic hydroxyl groups is 3. The highest BCUT2D eigenvalue weighted by atomic mass is 16.5. The minimum atomic E-state index is -1.25. The third-order valence-corrected chi connectivity index (χ3v) is 4.78. The summed E-state index contributed by atoms with van der Waals surface area (Å²) in [5.41, 5.74) is 3.07. The summed E-state index contributed by atoms with van der Waals surface area (Å²) in [6, 6.07) is 17.1. The van der Waals surface area contributed by atoms with Gasteiger partial charge in [-0.3, -0.25) is 0 Å². The second-order valence-corrected chi connectivity index (χ2v) is 6.08. The minimum Gasteiger partial charge on any atom is -0.497 e. The number of aliphatic hydroxyl groups excluding tert-OH is 3. The summed E-state index contributed by atoms with van der Waals surface area (Å²) >= 11 is 0. The Morgan fingerprint density at radius 3 is 2.29 bits per heavy atom. The first-order chi connectivity index (χ1) is 11.6. The van der Waals surface area contributed by atoms with Crippen LogP contribution < -0.4 is 4.74 Å². The molecular weight excluding hydrogens is 304 g/mol. The third kappa shape index (κ3) is 2.12.